The third-order valence-corrected chi connectivity index (χ3v) is 3.71. The van der Waals surface area contributed by atoms with Crippen LogP contribution in [-0.4, -0.2) is 5.91 Å². The molecule has 1 atom stereocenters. The summed E-state index contributed by atoms with van der Waals surface area (Å²) >= 11 is 0. The number of amides is 1. The Morgan fingerprint density at radius 2 is 1.55 bits per heavy atom. The lowest BCUT2D eigenvalue weighted by Gasteiger charge is -2.16. The Kier molecular flexibility index (Phi) is 4.17. The number of rotatable bonds is 4. The summed E-state index contributed by atoms with van der Waals surface area (Å²) < 4.78 is 0. The lowest BCUT2D eigenvalue weighted by atomic mass is 10.0. The van der Waals surface area contributed by atoms with Gasteiger partial charge in [0.05, 0.1) is 0 Å². The van der Waals surface area contributed by atoms with E-state index in [0.29, 0.717) is 5.56 Å². The van der Waals surface area contributed by atoms with Crippen molar-refractivity contribution in [2.24, 2.45) is 0 Å². The van der Waals surface area contributed by atoms with Crippen molar-refractivity contribution in [2.45, 2.75) is 13.0 Å². The molecule has 0 bridgehead atoms. The summed E-state index contributed by atoms with van der Waals surface area (Å²) in [4.78, 5) is 12.0. The molecule has 3 nitrogen and oxygen atoms in total. The Hall–Kier alpha value is -2.65. The average molecular weight is 290 g/mol. The van der Waals surface area contributed by atoms with E-state index in [1.54, 1.807) is 12.1 Å². The van der Waals surface area contributed by atoms with Gasteiger partial charge >= 0.3 is 0 Å². The van der Waals surface area contributed by atoms with E-state index >= 15 is 0 Å². The number of hydrogen-bond acceptors (Lipinski definition) is 2. The maximum atomic E-state index is 12.0. The van der Waals surface area contributed by atoms with Crippen LogP contribution in [0.15, 0.2) is 72.8 Å². The minimum atomic E-state index is -0.131. The Labute approximate surface area is 129 Å². The molecule has 0 aliphatic heterocycles. The van der Waals surface area contributed by atoms with E-state index in [2.05, 4.69) is 41.2 Å². The van der Waals surface area contributed by atoms with Crippen LogP contribution >= 0.6 is 0 Å². The fourth-order valence-electron chi connectivity index (χ4n) is 2.40. The number of fused-ring (bicyclic) bond motifs is 1. The summed E-state index contributed by atoms with van der Waals surface area (Å²) in [5, 5.41) is 2.41. The maximum absolute atomic E-state index is 12.0. The Morgan fingerprint density at radius 3 is 2.32 bits per heavy atom. The van der Waals surface area contributed by atoms with Crippen molar-refractivity contribution in [3.63, 3.8) is 0 Å². The molecule has 0 radical (unpaired) electrons. The molecule has 0 saturated heterocycles. The molecular weight excluding hydrogens is 272 g/mol. The molecule has 0 saturated carbocycles. The van der Waals surface area contributed by atoms with Crippen molar-refractivity contribution < 1.29 is 4.79 Å². The van der Waals surface area contributed by atoms with Gasteiger partial charge in [-0.05, 0) is 41.5 Å². The zero-order chi connectivity index (χ0) is 15.4. The summed E-state index contributed by atoms with van der Waals surface area (Å²) in [5.74, 6) is -0.131. The molecule has 0 heterocycles. The lowest BCUT2D eigenvalue weighted by molar-refractivity contribution is 0.0926. The SMILES string of the molecule is CC(NNC(=O)c1ccccc1)c1ccc2ccccc2c1. The van der Waals surface area contributed by atoms with Gasteiger partial charge < -0.3 is 0 Å². The van der Waals surface area contributed by atoms with E-state index in [0.717, 1.165) is 5.56 Å². The van der Waals surface area contributed by atoms with Crippen molar-refractivity contribution in [2.75, 3.05) is 0 Å². The lowest BCUT2D eigenvalue weighted by Crippen LogP contribution is -2.39. The number of benzene rings is 3. The topological polar surface area (TPSA) is 41.1 Å². The predicted octanol–water partition coefficient (Wildman–Crippen LogP) is 3.84. The monoisotopic (exact) mass is 290 g/mol. The first-order valence-corrected chi connectivity index (χ1v) is 7.33. The molecule has 0 spiro atoms. The molecule has 3 rings (SSSR count). The number of hydrogen-bond donors (Lipinski definition) is 2. The van der Waals surface area contributed by atoms with Gasteiger partial charge in [-0.15, -0.1) is 0 Å². The fourth-order valence-corrected chi connectivity index (χ4v) is 2.40. The third-order valence-electron chi connectivity index (χ3n) is 3.71. The molecule has 3 aromatic carbocycles. The van der Waals surface area contributed by atoms with Crippen molar-refractivity contribution in [1.82, 2.24) is 10.9 Å². The van der Waals surface area contributed by atoms with Gasteiger partial charge in [0, 0.05) is 11.6 Å². The average Bonchev–Trinajstić information content (AvgIpc) is 2.59. The van der Waals surface area contributed by atoms with Crippen molar-refractivity contribution in [1.29, 1.82) is 0 Å². The van der Waals surface area contributed by atoms with Crippen LogP contribution in [0, 0.1) is 0 Å². The number of carbonyl (C=O) groups is 1. The van der Waals surface area contributed by atoms with E-state index in [4.69, 9.17) is 0 Å². The molecule has 0 aromatic heterocycles. The quantitative estimate of drug-likeness (QED) is 0.717. The van der Waals surface area contributed by atoms with E-state index < -0.39 is 0 Å². The standard InChI is InChI=1S/C19H18N2O/c1-14(20-21-19(22)16-8-3-2-4-9-16)17-12-11-15-7-5-6-10-18(15)13-17/h2-14,20H,1H3,(H,21,22). The van der Waals surface area contributed by atoms with Gasteiger partial charge in [-0.3, -0.25) is 10.2 Å². The smallest absolute Gasteiger partial charge is 0.265 e. The van der Waals surface area contributed by atoms with Gasteiger partial charge in [0.25, 0.3) is 5.91 Å². The second kappa shape index (κ2) is 6.41. The molecule has 3 heteroatoms. The summed E-state index contributed by atoms with van der Waals surface area (Å²) in [6.45, 7) is 2.02. The van der Waals surface area contributed by atoms with Crippen LogP contribution in [0.25, 0.3) is 10.8 Å². The van der Waals surface area contributed by atoms with Gasteiger partial charge in [0.15, 0.2) is 0 Å². The minimum absolute atomic E-state index is 0.0252. The molecule has 110 valence electrons. The Bertz CT molecular complexity index is 784. The van der Waals surface area contributed by atoms with Gasteiger partial charge in [-0.2, -0.15) is 0 Å². The van der Waals surface area contributed by atoms with Gasteiger partial charge in [-0.25, -0.2) is 5.43 Å². The van der Waals surface area contributed by atoms with E-state index in [-0.39, 0.29) is 11.9 Å². The second-order valence-electron chi connectivity index (χ2n) is 5.29. The van der Waals surface area contributed by atoms with E-state index in [1.165, 1.54) is 10.8 Å². The summed E-state index contributed by atoms with van der Waals surface area (Å²) in [5.41, 5.74) is 7.59. The zero-order valence-electron chi connectivity index (χ0n) is 12.4. The second-order valence-corrected chi connectivity index (χ2v) is 5.29. The first-order chi connectivity index (χ1) is 10.7. The van der Waals surface area contributed by atoms with Crippen molar-refractivity contribution in [3.05, 3.63) is 83.9 Å². The van der Waals surface area contributed by atoms with Crippen LogP contribution in [0.4, 0.5) is 0 Å². The highest BCUT2D eigenvalue weighted by molar-refractivity contribution is 5.93. The highest BCUT2D eigenvalue weighted by atomic mass is 16.2. The van der Waals surface area contributed by atoms with E-state index in [1.807, 2.05) is 37.3 Å². The largest absolute Gasteiger partial charge is 0.287 e. The highest BCUT2D eigenvalue weighted by Gasteiger charge is 2.08. The molecule has 1 unspecified atom stereocenters. The first-order valence-electron chi connectivity index (χ1n) is 7.33. The normalized spacial score (nSPS) is 12.0. The number of nitrogens with one attached hydrogen (secondary N) is 2. The molecule has 1 amide bonds. The zero-order valence-corrected chi connectivity index (χ0v) is 12.4. The van der Waals surface area contributed by atoms with Crippen LogP contribution in [0.3, 0.4) is 0 Å². The van der Waals surface area contributed by atoms with E-state index in [9.17, 15) is 4.79 Å². The number of hydrazine groups is 1. The van der Waals surface area contributed by atoms with Gasteiger partial charge in [0.2, 0.25) is 0 Å². The molecule has 0 fully saturated rings. The van der Waals surface area contributed by atoms with Crippen LogP contribution < -0.4 is 10.9 Å². The van der Waals surface area contributed by atoms with Gasteiger partial charge in [-0.1, -0.05) is 54.6 Å². The summed E-state index contributed by atoms with van der Waals surface area (Å²) in [6, 6.07) is 23.8. The van der Waals surface area contributed by atoms with Crippen molar-refractivity contribution >= 4 is 16.7 Å². The third kappa shape index (κ3) is 3.15. The van der Waals surface area contributed by atoms with Crippen LogP contribution in [0.5, 0.6) is 0 Å². The minimum Gasteiger partial charge on any atom is -0.287 e. The van der Waals surface area contributed by atoms with Crippen LogP contribution in [-0.2, 0) is 0 Å². The molecule has 3 aromatic rings. The summed E-state index contributed by atoms with van der Waals surface area (Å²) in [7, 11) is 0. The molecule has 0 aliphatic rings. The maximum Gasteiger partial charge on any atom is 0.265 e. The van der Waals surface area contributed by atoms with Crippen molar-refractivity contribution in [3.8, 4) is 0 Å². The van der Waals surface area contributed by atoms with Gasteiger partial charge in [0.1, 0.15) is 0 Å². The van der Waals surface area contributed by atoms with Crippen LogP contribution in [0.2, 0.25) is 0 Å². The molecule has 0 aliphatic carbocycles. The molecular formula is C19H18N2O. The van der Waals surface area contributed by atoms with Crippen LogP contribution in [0.1, 0.15) is 28.9 Å². The Balaban J connectivity index is 1.68. The fraction of sp³-hybridized carbons (Fsp3) is 0.105. The highest BCUT2D eigenvalue weighted by Crippen LogP contribution is 2.19. The Morgan fingerprint density at radius 1 is 0.864 bits per heavy atom. The predicted molar refractivity (Wildman–Crippen MR) is 89.4 cm³/mol. The molecule has 2 N–H and O–H groups in total. The first kappa shape index (κ1) is 14.3. The number of carbonyl (C=O) groups excluding carboxylic acids is 1. The summed E-state index contributed by atoms with van der Waals surface area (Å²) in [6.07, 6.45) is 0. The molecule has 22 heavy (non-hydrogen) atoms.